The summed E-state index contributed by atoms with van der Waals surface area (Å²) in [5.74, 6) is -0.488. The van der Waals surface area contributed by atoms with Crippen LogP contribution in [0.2, 0.25) is 0 Å². The molecule has 2 heterocycles. The predicted molar refractivity (Wildman–Crippen MR) is 142 cm³/mol. The van der Waals surface area contributed by atoms with Crippen LogP contribution in [0, 0.1) is 0 Å². The quantitative estimate of drug-likeness (QED) is 0.530. The number of hydrogen-bond donors (Lipinski definition) is 2. The number of likely N-dealkylation sites (tertiary alicyclic amines) is 2. The van der Waals surface area contributed by atoms with Gasteiger partial charge in [-0.1, -0.05) is 60.7 Å². The van der Waals surface area contributed by atoms with Crippen molar-refractivity contribution in [3.05, 3.63) is 71.8 Å². The summed E-state index contributed by atoms with van der Waals surface area (Å²) in [7, 11) is 0. The predicted octanol–water partition coefficient (Wildman–Crippen LogP) is 3.30. The molecule has 2 aliphatic rings. The number of nitrogens with one attached hydrogen (secondary N) is 2. The van der Waals surface area contributed by atoms with Gasteiger partial charge in [0, 0.05) is 89.2 Å². The van der Waals surface area contributed by atoms with Crippen molar-refractivity contribution in [3.63, 3.8) is 0 Å². The molecule has 0 aliphatic carbocycles. The minimum absolute atomic E-state index is 0.0957. The second-order valence-electron chi connectivity index (χ2n) is 9.45. The Balaban J connectivity index is 1.08. The van der Waals surface area contributed by atoms with Gasteiger partial charge in [-0.15, -0.1) is 0 Å². The number of benzene rings is 2. The van der Waals surface area contributed by atoms with Crippen molar-refractivity contribution in [3.8, 4) is 0 Å². The Labute approximate surface area is 213 Å². The van der Waals surface area contributed by atoms with E-state index in [1.807, 2.05) is 12.1 Å². The highest BCUT2D eigenvalue weighted by Crippen LogP contribution is 2.13. The summed E-state index contributed by atoms with van der Waals surface area (Å²) in [6, 6.07) is 20.9. The average molecular weight is 489 g/mol. The van der Waals surface area contributed by atoms with Gasteiger partial charge in [0.05, 0.1) is 0 Å². The lowest BCUT2D eigenvalue weighted by atomic mass is 10.1. The SMILES string of the molecule is O=C(CCC(=O)NN=C1CCN(Cc2ccccc2)CC1)NN=C1CCN(Cc2ccccc2)CC1. The van der Waals surface area contributed by atoms with Gasteiger partial charge in [-0.25, -0.2) is 10.9 Å². The van der Waals surface area contributed by atoms with Crippen molar-refractivity contribution >= 4 is 23.2 Å². The highest BCUT2D eigenvalue weighted by molar-refractivity contribution is 5.89. The average Bonchev–Trinajstić information content (AvgIpc) is 2.92. The maximum absolute atomic E-state index is 12.1. The highest BCUT2D eigenvalue weighted by atomic mass is 16.2. The molecular formula is C28H36N6O2. The Morgan fingerprint density at radius 2 is 0.972 bits per heavy atom. The van der Waals surface area contributed by atoms with E-state index < -0.39 is 0 Å². The number of hydrazone groups is 2. The van der Waals surface area contributed by atoms with Crippen LogP contribution >= 0.6 is 0 Å². The number of hydrogen-bond acceptors (Lipinski definition) is 6. The lowest BCUT2D eigenvalue weighted by Gasteiger charge is -2.27. The van der Waals surface area contributed by atoms with Crippen LogP contribution in [0.25, 0.3) is 0 Å². The van der Waals surface area contributed by atoms with E-state index in [9.17, 15) is 9.59 Å². The van der Waals surface area contributed by atoms with Gasteiger partial charge < -0.3 is 0 Å². The number of piperidine rings is 2. The minimum Gasteiger partial charge on any atom is -0.298 e. The van der Waals surface area contributed by atoms with Crippen molar-refractivity contribution in [2.24, 2.45) is 10.2 Å². The van der Waals surface area contributed by atoms with Gasteiger partial charge in [0.25, 0.3) is 0 Å². The Morgan fingerprint density at radius 3 is 1.33 bits per heavy atom. The Morgan fingerprint density at radius 1 is 0.611 bits per heavy atom. The van der Waals surface area contributed by atoms with Gasteiger partial charge in [-0.2, -0.15) is 10.2 Å². The first-order chi connectivity index (χ1) is 17.6. The number of amides is 2. The number of carbonyl (C=O) groups excluding carboxylic acids is 2. The second kappa shape index (κ2) is 13.7. The van der Waals surface area contributed by atoms with Crippen LogP contribution in [0.15, 0.2) is 70.9 Å². The van der Waals surface area contributed by atoms with Gasteiger partial charge in [0.1, 0.15) is 0 Å². The first-order valence-electron chi connectivity index (χ1n) is 12.8. The number of nitrogens with zero attached hydrogens (tertiary/aromatic N) is 4. The van der Waals surface area contributed by atoms with Crippen LogP contribution < -0.4 is 10.9 Å². The van der Waals surface area contributed by atoms with Crippen LogP contribution in [0.5, 0.6) is 0 Å². The molecule has 8 nitrogen and oxygen atoms in total. The molecule has 8 heteroatoms. The highest BCUT2D eigenvalue weighted by Gasteiger charge is 2.17. The van der Waals surface area contributed by atoms with Crippen LogP contribution in [0.4, 0.5) is 0 Å². The summed E-state index contributed by atoms with van der Waals surface area (Å²) in [6.45, 7) is 5.58. The summed E-state index contributed by atoms with van der Waals surface area (Å²) < 4.78 is 0. The van der Waals surface area contributed by atoms with Crippen LogP contribution in [0.1, 0.15) is 49.7 Å². The third-order valence-corrected chi connectivity index (χ3v) is 6.62. The third-order valence-electron chi connectivity index (χ3n) is 6.62. The number of rotatable bonds is 9. The molecule has 2 aliphatic heterocycles. The first kappa shape index (κ1) is 25.7. The van der Waals surface area contributed by atoms with Gasteiger partial charge in [0.2, 0.25) is 11.8 Å². The van der Waals surface area contributed by atoms with Crippen LogP contribution in [0.3, 0.4) is 0 Å². The molecule has 190 valence electrons. The molecule has 2 aromatic rings. The fourth-order valence-electron chi connectivity index (χ4n) is 4.47. The molecule has 0 aromatic heterocycles. The molecule has 2 aromatic carbocycles. The van der Waals surface area contributed by atoms with E-state index in [0.717, 1.165) is 76.4 Å². The first-order valence-corrected chi connectivity index (χ1v) is 12.8. The van der Waals surface area contributed by atoms with E-state index >= 15 is 0 Å². The lowest BCUT2D eigenvalue weighted by Crippen LogP contribution is -2.35. The molecule has 0 spiro atoms. The zero-order valence-corrected chi connectivity index (χ0v) is 20.9. The Hall–Kier alpha value is -3.36. The van der Waals surface area contributed by atoms with Crippen molar-refractivity contribution in [1.82, 2.24) is 20.7 Å². The van der Waals surface area contributed by atoms with Crippen molar-refractivity contribution < 1.29 is 9.59 Å². The van der Waals surface area contributed by atoms with Crippen LogP contribution in [-0.2, 0) is 22.7 Å². The molecule has 36 heavy (non-hydrogen) atoms. The van der Waals surface area contributed by atoms with Gasteiger partial charge >= 0.3 is 0 Å². The summed E-state index contributed by atoms with van der Waals surface area (Å²) in [6.07, 6.45) is 3.56. The molecule has 0 atom stereocenters. The van der Waals surface area contributed by atoms with Crippen molar-refractivity contribution in [2.75, 3.05) is 26.2 Å². The topological polar surface area (TPSA) is 89.4 Å². The Kier molecular flexibility index (Phi) is 9.76. The van der Waals surface area contributed by atoms with E-state index in [1.54, 1.807) is 0 Å². The fourth-order valence-corrected chi connectivity index (χ4v) is 4.47. The lowest BCUT2D eigenvalue weighted by molar-refractivity contribution is -0.126. The normalized spacial score (nSPS) is 16.9. The van der Waals surface area contributed by atoms with Gasteiger partial charge in [-0.3, -0.25) is 19.4 Å². The van der Waals surface area contributed by atoms with E-state index in [-0.39, 0.29) is 24.7 Å². The van der Waals surface area contributed by atoms with Crippen molar-refractivity contribution in [2.45, 2.75) is 51.6 Å². The van der Waals surface area contributed by atoms with Gasteiger partial charge in [0.15, 0.2) is 0 Å². The zero-order chi connectivity index (χ0) is 25.0. The molecule has 4 rings (SSSR count). The maximum Gasteiger partial charge on any atom is 0.240 e. The molecule has 2 fully saturated rings. The molecule has 2 amide bonds. The van der Waals surface area contributed by atoms with E-state index in [1.165, 1.54) is 11.1 Å². The molecule has 0 bridgehead atoms. The molecule has 0 saturated carbocycles. The van der Waals surface area contributed by atoms with E-state index in [0.29, 0.717) is 0 Å². The Bertz CT molecular complexity index is 949. The minimum atomic E-state index is -0.244. The largest absolute Gasteiger partial charge is 0.298 e. The van der Waals surface area contributed by atoms with Crippen LogP contribution in [-0.4, -0.2) is 59.2 Å². The summed E-state index contributed by atoms with van der Waals surface area (Å²) >= 11 is 0. The monoisotopic (exact) mass is 488 g/mol. The summed E-state index contributed by atoms with van der Waals surface area (Å²) in [5.41, 5.74) is 9.84. The third kappa shape index (κ3) is 8.70. The fraction of sp³-hybridized carbons (Fsp3) is 0.429. The summed E-state index contributed by atoms with van der Waals surface area (Å²) in [5, 5.41) is 8.57. The molecule has 2 saturated heterocycles. The standard InChI is InChI=1S/C28H36N6O2/c35-27(31-29-25-13-17-33(18-14-25)21-23-7-3-1-4-8-23)11-12-28(36)32-30-26-15-19-34(20-16-26)22-24-9-5-2-6-10-24/h1-10H,11-22H2,(H,31,35)(H,32,36). The second-order valence-corrected chi connectivity index (χ2v) is 9.45. The molecule has 0 unspecified atom stereocenters. The summed E-state index contributed by atoms with van der Waals surface area (Å²) in [4.78, 5) is 29.1. The van der Waals surface area contributed by atoms with E-state index in [4.69, 9.17) is 0 Å². The zero-order valence-electron chi connectivity index (χ0n) is 20.9. The number of carbonyl (C=O) groups is 2. The molecule has 2 N–H and O–H groups in total. The molecular weight excluding hydrogens is 452 g/mol. The van der Waals surface area contributed by atoms with E-state index in [2.05, 4.69) is 79.4 Å². The van der Waals surface area contributed by atoms with Gasteiger partial charge in [-0.05, 0) is 11.1 Å². The maximum atomic E-state index is 12.1. The smallest absolute Gasteiger partial charge is 0.240 e. The van der Waals surface area contributed by atoms with Crippen molar-refractivity contribution in [1.29, 1.82) is 0 Å². The molecule has 0 radical (unpaired) electrons.